The Hall–Kier alpha value is -1.20. The molecule has 5 heteroatoms. The lowest BCUT2D eigenvalue weighted by atomic mass is 9.64. The highest BCUT2D eigenvalue weighted by atomic mass is 32.1. The zero-order chi connectivity index (χ0) is 14.7. The molecule has 3 rings (SSSR count). The third-order valence-corrected chi connectivity index (χ3v) is 5.02. The van der Waals surface area contributed by atoms with Gasteiger partial charge in [-0.25, -0.2) is 4.39 Å². The molecule has 3 nitrogen and oxygen atoms in total. The molecule has 20 heavy (non-hydrogen) atoms. The Bertz CT molecular complexity index is 731. The van der Waals surface area contributed by atoms with Gasteiger partial charge in [0.15, 0.2) is 4.77 Å². The number of methoxy groups -OCH3 is 1. The molecular weight excluding hydrogens is 275 g/mol. The van der Waals surface area contributed by atoms with Crippen molar-refractivity contribution in [3.05, 3.63) is 28.3 Å². The van der Waals surface area contributed by atoms with Crippen molar-refractivity contribution in [2.45, 2.75) is 39.3 Å². The molecule has 1 N–H and O–H groups in total. The van der Waals surface area contributed by atoms with Crippen molar-refractivity contribution in [3.8, 4) is 0 Å². The van der Waals surface area contributed by atoms with E-state index in [2.05, 4.69) is 23.4 Å². The molecule has 108 valence electrons. The predicted molar refractivity (Wildman–Crippen MR) is 80.0 cm³/mol. The van der Waals surface area contributed by atoms with Gasteiger partial charge in [-0.2, -0.15) is 0 Å². The number of hydrogen-bond donors (Lipinski definition) is 1. The summed E-state index contributed by atoms with van der Waals surface area (Å²) in [6.45, 7) is 6.15. The predicted octanol–water partition coefficient (Wildman–Crippen LogP) is 4.13. The van der Waals surface area contributed by atoms with Gasteiger partial charge < -0.3 is 14.3 Å². The molecule has 0 radical (unpaired) electrons. The number of H-pyrrole nitrogens is 1. The SMILES string of the molecule is COC1CC(n2c(=S)[nH]c3cc(F)c(C)cc32)C1(C)C. The Morgan fingerprint density at radius 1 is 1.45 bits per heavy atom. The van der Waals surface area contributed by atoms with Gasteiger partial charge in [-0.15, -0.1) is 0 Å². The number of fused-ring (bicyclic) bond motifs is 1. The van der Waals surface area contributed by atoms with Gasteiger partial charge in [0.25, 0.3) is 0 Å². The summed E-state index contributed by atoms with van der Waals surface area (Å²) in [5, 5.41) is 0. The lowest BCUT2D eigenvalue weighted by molar-refractivity contribution is -0.111. The Balaban J connectivity index is 2.16. The number of aromatic amines is 1. The summed E-state index contributed by atoms with van der Waals surface area (Å²) in [5.74, 6) is -0.205. The maximum absolute atomic E-state index is 13.7. The fourth-order valence-electron chi connectivity index (χ4n) is 3.26. The molecule has 2 unspecified atom stereocenters. The van der Waals surface area contributed by atoms with E-state index in [9.17, 15) is 4.39 Å². The highest BCUT2D eigenvalue weighted by Crippen LogP contribution is 2.52. The lowest BCUT2D eigenvalue weighted by Crippen LogP contribution is -2.51. The number of halogens is 1. The van der Waals surface area contributed by atoms with Gasteiger partial charge in [0.1, 0.15) is 5.82 Å². The second-order valence-electron chi connectivity index (χ2n) is 6.22. The van der Waals surface area contributed by atoms with Crippen LogP contribution in [0.1, 0.15) is 31.9 Å². The minimum atomic E-state index is -0.205. The smallest absolute Gasteiger partial charge is 0.178 e. The summed E-state index contributed by atoms with van der Waals surface area (Å²) in [6.07, 6.45) is 1.17. The average molecular weight is 294 g/mol. The molecular formula is C15H19FN2OS. The van der Waals surface area contributed by atoms with Gasteiger partial charge in [0, 0.05) is 18.6 Å². The van der Waals surface area contributed by atoms with Gasteiger partial charge >= 0.3 is 0 Å². The molecule has 1 fully saturated rings. The first kappa shape index (κ1) is 13.8. The number of nitrogens with one attached hydrogen (secondary N) is 1. The normalized spacial score (nSPS) is 24.9. The summed E-state index contributed by atoms with van der Waals surface area (Å²) in [5.41, 5.74) is 2.39. The van der Waals surface area contributed by atoms with Gasteiger partial charge in [-0.1, -0.05) is 13.8 Å². The second kappa shape index (κ2) is 4.40. The van der Waals surface area contributed by atoms with Crippen LogP contribution in [0.3, 0.4) is 0 Å². The van der Waals surface area contributed by atoms with E-state index in [1.165, 1.54) is 6.07 Å². The highest BCUT2D eigenvalue weighted by molar-refractivity contribution is 7.71. The Labute approximate surface area is 122 Å². The number of ether oxygens (including phenoxy) is 1. The van der Waals surface area contributed by atoms with Crippen molar-refractivity contribution in [1.29, 1.82) is 0 Å². The number of rotatable bonds is 2. The zero-order valence-electron chi connectivity index (χ0n) is 12.2. The first-order valence-electron chi connectivity index (χ1n) is 6.79. The van der Waals surface area contributed by atoms with Crippen LogP contribution in [0.25, 0.3) is 11.0 Å². The minimum absolute atomic E-state index is 0.0182. The molecule has 0 bridgehead atoms. The third kappa shape index (κ3) is 1.76. The monoisotopic (exact) mass is 294 g/mol. The van der Waals surface area contributed by atoms with Crippen molar-refractivity contribution >= 4 is 23.3 Å². The molecule has 0 aliphatic heterocycles. The van der Waals surface area contributed by atoms with E-state index in [1.54, 1.807) is 14.0 Å². The molecule has 1 aliphatic carbocycles. The molecule has 0 amide bonds. The quantitative estimate of drug-likeness (QED) is 0.844. The fourth-order valence-corrected chi connectivity index (χ4v) is 3.60. The van der Waals surface area contributed by atoms with E-state index in [1.807, 2.05) is 6.07 Å². The Kier molecular flexibility index (Phi) is 3.03. The van der Waals surface area contributed by atoms with Gasteiger partial charge in [-0.05, 0) is 43.3 Å². The molecule has 1 aromatic heterocycles. The van der Waals surface area contributed by atoms with Crippen molar-refractivity contribution in [1.82, 2.24) is 9.55 Å². The highest BCUT2D eigenvalue weighted by Gasteiger charge is 2.50. The van der Waals surface area contributed by atoms with Crippen LogP contribution in [0.15, 0.2) is 12.1 Å². The van der Waals surface area contributed by atoms with E-state index < -0.39 is 0 Å². The van der Waals surface area contributed by atoms with E-state index in [0.717, 1.165) is 17.5 Å². The van der Waals surface area contributed by atoms with Crippen LogP contribution in [0.2, 0.25) is 0 Å². The lowest BCUT2D eigenvalue weighted by Gasteiger charge is -2.51. The molecule has 1 heterocycles. The maximum Gasteiger partial charge on any atom is 0.178 e. The number of aromatic nitrogens is 2. The summed E-state index contributed by atoms with van der Waals surface area (Å²) < 4.78 is 21.9. The Morgan fingerprint density at radius 2 is 2.15 bits per heavy atom. The van der Waals surface area contributed by atoms with Gasteiger partial charge in [-0.3, -0.25) is 0 Å². The molecule has 1 aromatic carbocycles. The van der Waals surface area contributed by atoms with Crippen LogP contribution in [-0.2, 0) is 4.74 Å². The molecule has 0 saturated heterocycles. The average Bonchev–Trinajstić information content (AvgIpc) is 2.66. The molecule has 1 saturated carbocycles. The summed E-state index contributed by atoms with van der Waals surface area (Å²) in [6, 6.07) is 3.67. The minimum Gasteiger partial charge on any atom is -0.381 e. The largest absolute Gasteiger partial charge is 0.381 e. The van der Waals surface area contributed by atoms with Crippen molar-refractivity contribution in [2.75, 3.05) is 7.11 Å². The molecule has 0 spiro atoms. The van der Waals surface area contributed by atoms with Crippen molar-refractivity contribution in [3.63, 3.8) is 0 Å². The fraction of sp³-hybridized carbons (Fsp3) is 0.533. The van der Waals surface area contributed by atoms with Crippen molar-refractivity contribution < 1.29 is 9.13 Å². The van der Waals surface area contributed by atoms with Crippen LogP contribution in [0, 0.1) is 22.9 Å². The van der Waals surface area contributed by atoms with E-state index in [4.69, 9.17) is 17.0 Å². The number of nitrogens with zero attached hydrogens (tertiary/aromatic N) is 1. The topological polar surface area (TPSA) is 29.9 Å². The van der Waals surface area contributed by atoms with E-state index in [-0.39, 0.29) is 23.4 Å². The number of aryl methyl sites for hydroxylation is 1. The summed E-state index contributed by atoms with van der Waals surface area (Å²) >= 11 is 5.44. The van der Waals surface area contributed by atoms with Crippen LogP contribution in [-0.4, -0.2) is 22.8 Å². The second-order valence-corrected chi connectivity index (χ2v) is 6.60. The van der Waals surface area contributed by atoms with Crippen LogP contribution >= 0.6 is 12.2 Å². The zero-order valence-corrected chi connectivity index (χ0v) is 13.0. The van der Waals surface area contributed by atoms with E-state index in [0.29, 0.717) is 10.3 Å². The molecule has 2 aromatic rings. The van der Waals surface area contributed by atoms with Crippen LogP contribution < -0.4 is 0 Å². The number of benzene rings is 1. The van der Waals surface area contributed by atoms with Gasteiger partial charge in [0.2, 0.25) is 0 Å². The molecule has 2 atom stereocenters. The van der Waals surface area contributed by atoms with Crippen LogP contribution in [0.4, 0.5) is 4.39 Å². The van der Waals surface area contributed by atoms with Crippen molar-refractivity contribution in [2.24, 2.45) is 5.41 Å². The van der Waals surface area contributed by atoms with Gasteiger partial charge in [0.05, 0.1) is 17.1 Å². The third-order valence-electron chi connectivity index (χ3n) is 4.72. The first-order chi connectivity index (χ1) is 9.36. The summed E-state index contributed by atoms with van der Waals surface area (Å²) in [4.78, 5) is 3.11. The maximum atomic E-state index is 13.7. The first-order valence-corrected chi connectivity index (χ1v) is 7.20. The standard InChI is InChI=1S/C15H19FN2OS/c1-8-5-11-10(6-9(8)16)17-14(20)18(11)12-7-13(19-4)15(12,2)3/h5-6,12-13H,7H2,1-4H3,(H,17,20). The number of hydrogen-bond acceptors (Lipinski definition) is 2. The number of imidazole rings is 1. The molecule has 1 aliphatic rings. The van der Waals surface area contributed by atoms with E-state index >= 15 is 0 Å². The van der Waals surface area contributed by atoms with Crippen LogP contribution in [0.5, 0.6) is 0 Å². The Morgan fingerprint density at radius 3 is 2.75 bits per heavy atom. The summed E-state index contributed by atoms with van der Waals surface area (Å²) in [7, 11) is 1.75.